The van der Waals surface area contributed by atoms with E-state index in [-0.39, 0.29) is 6.10 Å². The Labute approximate surface area is 115 Å². The number of halogens is 2. The number of benzene rings is 1. The maximum absolute atomic E-state index is 6.05. The molecule has 0 saturated carbocycles. The van der Waals surface area contributed by atoms with Gasteiger partial charge in [0, 0.05) is 29.5 Å². The van der Waals surface area contributed by atoms with Crippen molar-refractivity contribution >= 4 is 23.2 Å². The normalized spacial score (nSPS) is 12.2. The Morgan fingerprint density at radius 2 is 2.11 bits per heavy atom. The molecule has 0 amide bonds. The van der Waals surface area contributed by atoms with Crippen LogP contribution in [0.25, 0.3) is 0 Å². The quantitative estimate of drug-likeness (QED) is 0.934. The fourth-order valence-corrected chi connectivity index (χ4v) is 2.00. The topological polar surface area (TPSA) is 48.1 Å². The van der Waals surface area contributed by atoms with Gasteiger partial charge in [0.15, 0.2) is 0 Å². The van der Waals surface area contributed by atoms with Crippen molar-refractivity contribution in [2.45, 2.75) is 6.10 Å². The Kier molecular flexibility index (Phi) is 4.42. The highest BCUT2D eigenvalue weighted by atomic mass is 35.5. The molecule has 2 aromatic rings. The lowest BCUT2D eigenvalue weighted by Crippen LogP contribution is -2.18. The molecule has 1 aromatic heterocycles. The van der Waals surface area contributed by atoms with E-state index < -0.39 is 0 Å². The van der Waals surface area contributed by atoms with Gasteiger partial charge in [0.25, 0.3) is 0 Å². The number of aromatic nitrogens is 1. The Hall–Kier alpha value is -1.29. The molecule has 3 nitrogen and oxygen atoms in total. The van der Waals surface area contributed by atoms with Crippen LogP contribution in [0.4, 0.5) is 0 Å². The van der Waals surface area contributed by atoms with E-state index in [0.717, 1.165) is 5.56 Å². The Morgan fingerprint density at radius 1 is 1.28 bits per heavy atom. The van der Waals surface area contributed by atoms with E-state index in [4.69, 9.17) is 33.7 Å². The van der Waals surface area contributed by atoms with Crippen LogP contribution in [0.1, 0.15) is 11.7 Å². The highest BCUT2D eigenvalue weighted by Crippen LogP contribution is 2.30. The summed E-state index contributed by atoms with van der Waals surface area (Å²) in [5.74, 6) is 0.556. The largest absolute Gasteiger partial charge is 0.483 e. The lowest BCUT2D eigenvalue weighted by atomic mass is 10.1. The van der Waals surface area contributed by atoms with Gasteiger partial charge in [-0.1, -0.05) is 29.3 Å². The number of nitrogens with two attached hydrogens (primary N) is 1. The zero-order chi connectivity index (χ0) is 13.0. The van der Waals surface area contributed by atoms with Gasteiger partial charge >= 0.3 is 0 Å². The summed E-state index contributed by atoms with van der Waals surface area (Å²) in [7, 11) is 0. The molecule has 0 fully saturated rings. The first-order valence-corrected chi connectivity index (χ1v) is 6.18. The van der Waals surface area contributed by atoms with Crippen LogP contribution < -0.4 is 10.5 Å². The first kappa shape index (κ1) is 13.1. The van der Waals surface area contributed by atoms with Crippen molar-refractivity contribution in [2.24, 2.45) is 5.73 Å². The van der Waals surface area contributed by atoms with E-state index in [1.165, 1.54) is 0 Å². The third-order valence-electron chi connectivity index (χ3n) is 2.43. The molecular formula is C13H12Cl2N2O. The van der Waals surface area contributed by atoms with Crippen molar-refractivity contribution in [3.8, 4) is 5.75 Å². The van der Waals surface area contributed by atoms with Crippen LogP contribution in [0.2, 0.25) is 10.0 Å². The van der Waals surface area contributed by atoms with Crippen molar-refractivity contribution in [1.82, 2.24) is 4.98 Å². The summed E-state index contributed by atoms with van der Waals surface area (Å²) < 4.78 is 5.78. The number of pyridine rings is 1. The Balaban J connectivity index is 2.21. The number of ether oxygens (including phenoxy) is 1. The summed E-state index contributed by atoms with van der Waals surface area (Å²) >= 11 is 11.9. The lowest BCUT2D eigenvalue weighted by Gasteiger charge is -2.18. The van der Waals surface area contributed by atoms with Gasteiger partial charge in [0.2, 0.25) is 0 Å². The predicted octanol–water partition coefficient (Wildman–Crippen LogP) is 3.47. The smallest absolute Gasteiger partial charge is 0.139 e. The molecule has 0 radical (unpaired) electrons. The van der Waals surface area contributed by atoms with Gasteiger partial charge in [0.05, 0.1) is 5.02 Å². The highest BCUT2D eigenvalue weighted by Gasteiger charge is 2.13. The monoisotopic (exact) mass is 282 g/mol. The molecule has 0 spiro atoms. The summed E-state index contributed by atoms with van der Waals surface area (Å²) in [5.41, 5.74) is 6.62. The molecule has 0 aliphatic carbocycles. The Morgan fingerprint density at radius 3 is 2.72 bits per heavy atom. The van der Waals surface area contributed by atoms with Gasteiger partial charge in [-0.05, 0) is 24.3 Å². The summed E-state index contributed by atoms with van der Waals surface area (Å²) in [6.07, 6.45) is 3.14. The molecule has 5 heteroatoms. The lowest BCUT2D eigenvalue weighted by molar-refractivity contribution is 0.214. The third-order valence-corrected chi connectivity index (χ3v) is 2.96. The molecule has 1 unspecified atom stereocenters. The van der Waals surface area contributed by atoms with Gasteiger partial charge < -0.3 is 10.5 Å². The predicted molar refractivity (Wildman–Crippen MR) is 73.1 cm³/mol. The maximum Gasteiger partial charge on any atom is 0.139 e. The van der Waals surface area contributed by atoms with Crippen LogP contribution in [0.15, 0.2) is 42.7 Å². The Bertz CT molecular complexity index is 520. The second-order valence-corrected chi connectivity index (χ2v) is 4.55. The van der Waals surface area contributed by atoms with E-state index in [1.807, 2.05) is 12.1 Å². The maximum atomic E-state index is 6.05. The van der Waals surface area contributed by atoms with Crippen molar-refractivity contribution in [2.75, 3.05) is 6.54 Å². The van der Waals surface area contributed by atoms with Gasteiger partial charge in [0.1, 0.15) is 11.9 Å². The summed E-state index contributed by atoms with van der Waals surface area (Å²) in [5, 5.41) is 1.03. The summed E-state index contributed by atoms with van der Waals surface area (Å²) in [6.45, 7) is 0.338. The minimum atomic E-state index is -0.280. The van der Waals surface area contributed by atoms with Crippen LogP contribution in [0, 0.1) is 0 Å². The van der Waals surface area contributed by atoms with E-state index in [2.05, 4.69) is 4.98 Å². The van der Waals surface area contributed by atoms with Crippen molar-refractivity contribution in [1.29, 1.82) is 0 Å². The average Bonchev–Trinajstić information content (AvgIpc) is 2.39. The van der Waals surface area contributed by atoms with Gasteiger partial charge in [-0.3, -0.25) is 4.98 Å². The van der Waals surface area contributed by atoms with Gasteiger partial charge in [-0.15, -0.1) is 0 Å². The van der Waals surface area contributed by atoms with E-state index in [0.29, 0.717) is 22.3 Å². The fourth-order valence-electron chi connectivity index (χ4n) is 1.54. The molecule has 1 atom stereocenters. The highest BCUT2D eigenvalue weighted by molar-refractivity contribution is 6.35. The van der Waals surface area contributed by atoms with Gasteiger partial charge in [-0.2, -0.15) is 0 Å². The average molecular weight is 283 g/mol. The molecule has 0 aliphatic heterocycles. The molecule has 0 saturated heterocycles. The second-order valence-electron chi connectivity index (χ2n) is 3.70. The first-order valence-electron chi connectivity index (χ1n) is 5.42. The van der Waals surface area contributed by atoms with E-state index in [1.54, 1.807) is 30.6 Å². The van der Waals surface area contributed by atoms with Gasteiger partial charge in [-0.25, -0.2) is 0 Å². The summed E-state index contributed by atoms with van der Waals surface area (Å²) in [4.78, 5) is 4.04. The van der Waals surface area contributed by atoms with Crippen LogP contribution in [-0.2, 0) is 0 Å². The molecule has 2 rings (SSSR count). The van der Waals surface area contributed by atoms with Crippen LogP contribution in [-0.4, -0.2) is 11.5 Å². The molecule has 1 aromatic carbocycles. The zero-order valence-electron chi connectivity index (χ0n) is 9.51. The molecule has 0 bridgehead atoms. The molecular weight excluding hydrogens is 271 g/mol. The number of hydrogen-bond donors (Lipinski definition) is 1. The number of rotatable bonds is 4. The molecule has 1 heterocycles. The third kappa shape index (κ3) is 3.13. The molecule has 94 valence electrons. The van der Waals surface area contributed by atoms with E-state index in [9.17, 15) is 0 Å². The van der Waals surface area contributed by atoms with E-state index >= 15 is 0 Å². The first-order chi connectivity index (χ1) is 8.70. The van der Waals surface area contributed by atoms with Crippen LogP contribution in [0.3, 0.4) is 0 Å². The van der Waals surface area contributed by atoms with Crippen molar-refractivity contribution in [3.63, 3.8) is 0 Å². The molecule has 18 heavy (non-hydrogen) atoms. The van der Waals surface area contributed by atoms with Crippen LogP contribution in [0.5, 0.6) is 5.75 Å². The standard InChI is InChI=1S/C13H12Cl2N2O/c14-10-3-4-12(11(15)6-10)18-13(7-16)9-2-1-5-17-8-9/h1-6,8,13H,7,16H2. The van der Waals surface area contributed by atoms with Crippen molar-refractivity contribution < 1.29 is 4.74 Å². The molecule has 0 aliphatic rings. The summed E-state index contributed by atoms with van der Waals surface area (Å²) in [6, 6.07) is 8.83. The molecule has 2 N–H and O–H groups in total. The SMILES string of the molecule is NCC(Oc1ccc(Cl)cc1Cl)c1cccnc1. The van der Waals surface area contributed by atoms with Crippen LogP contribution >= 0.6 is 23.2 Å². The number of nitrogens with zero attached hydrogens (tertiary/aromatic N) is 1. The minimum absolute atomic E-state index is 0.280. The zero-order valence-corrected chi connectivity index (χ0v) is 11.0. The fraction of sp³-hybridized carbons (Fsp3) is 0.154. The minimum Gasteiger partial charge on any atom is -0.483 e. The number of hydrogen-bond acceptors (Lipinski definition) is 3. The second kappa shape index (κ2) is 6.05. The van der Waals surface area contributed by atoms with Crippen molar-refractivity contribution in [3.05, 3.63) is 58.3 Å².